The first-order chi connectivity index (χ1) is 9.38. The second-order valence-electron chi connectivity index (χ2n) is 3.97. The van der Waals surface area contributed by atoms with Crippen molar-refractivity contribution in [2.75, 3.05) is 0 Å². The third-order valence-electron chi connectivity index (χ3n) is 2.47. The number of hydrogen-bond donors (Lipinski definition) is 0. The van der Waals surface area contributed by atoms with Crippen LogP contribution in [0.2, 0.25) is 0 Å². The number of aromatic carboxylic acids is 1. The molecule has 20 heavy (non-hydrogen) atoms. The molecule has 104 valence electrons. The summed E-state index contributed by atoms with van der Waals surface area (Å²) in [7, 11) is 0. The second-order valence-corrected chi connectivity index (χ2v) is 5.84. The summed E-state index contributed by atoms with van der Waals surface area (Å²) >= 11 is 1.91. The Morgan fingerprint density at radius 1 is 1.35 bits per heavy atom. The van der Waals surface area contributed by atoms with Gasteiger partial charge in [-0.2, -0.15) is 0 Å². The van der Waals surface area contributed by atoms with Gasteiger partial charge in [0.1, 0.15) is 15.3 Å². The Labute approximate surface area is 126 Å². The third kappa shape index (κ3) is 2.98. The summed E-state index contributed by atoms with van der Waals surface area (Å²) < 4.78 is 9.61. The van der Waals surface area contributed by atoms with E-state index in [-0.39, 0.29) is 15.3 Å². The van der Waals surface area contributed by atoms with E-state index in [4.69, 9.17) is 9.15 Å². The first kappa shape index (κ1) is 14.5. The van der Waals surface area contributed by atoms with Crippen LogP contribution in [0.5, 0.6) is 5.75 Å². The molecule has 7 heteroatoms. The van der Waals surface area contributed by atoms with Crippen molar-refractivity contribution in [3.8, 4) is 5.75 Å². The van der Waals surface area contributed by atoms with Gasteiger partial charge in [-0.05, 0) is 25.1 Å². The van der Waals surface area contributed by atoms with E-state index in [0.29, 0.717) is 5.39 Å². The van der Waals surface area contributed by atoms with E-state index in [1.807, 2.05) is 22.6 Å². The summed E-state index contributed by atoms with van der Waals surface area (Å²) in [6.07, 6.45) is 0. The lowest BCUT2D eigenvalue weighted by Gasteiger charge is -2.07. The molecule has 2 aromatic rings. The lowest BCUT2D eigenvalue weighted by molar-refractivity contribution is -0.255. The Kier molecular flexibility index (Phi) is 4.07. The van der Waals surface area contributed by atoms with E-state index < -0.39 is 23.1 Å². The largest absolute Gasteiger partial charge is 0.545 e. The molecule has 1 aromatic carbocycles. The minimum Gasteiger partial charge on any atom is -0.545 e. The van der Waals surface area contributed by atoms with E-state index >= 15 is 0 Å². The topological polar surface area (TPSA) is 96.6 Å². The third-order valence-corrected chi connectivity index (χ3v) is 2.98. The molecule has 0 saturated heterocycles. The molecule has 0 aliphatic rings. The number of rotatable bonds is 3. The highest BCUT2D eigenvalue weighted by atomic mass is 127. The molecule has 1 atom stereocenters. The van der Waals surface area contributed by atoms with Gasteiger partial charge in [-0.25, -0.2) is 4.79 Å². The van der Waals surface area contributed by atoms with Crippen LogP contribution in [0.4, 0.5) is 0 Å². The van der Waals surface area contributed by atoms with E-state index in [2.05, 4.69) is 0 Å². The summed E-state index contributed by atoms with van der Waals surface area (Å²) in [5.41, 5.74) is -1.43. The lowest BCUT2D eigenvalue weighted by atomic mass is 10.2. The van der Waals surface area contributed by atoms with Crippen LogP contribution in [-0.4, -0.2) is 15.9 Å². The summed E-state index contributed by atoms with van der Waals surface area (Å²) in [5, 5.41) is 11.1. The summed E-state index contributed by atoms with van der Waals surface area (Å²) in [5.74, 6) is -1.82. The maximum absolute atomic E-state index is 11.5. The highest BCUT2D eigenvalue weighted by molar-refractivity contribution is 14.1. The van der Waals surface area contributed by atoms with Gasteiger partial charge in [0.05, 0.1) is 11.5 Å². The number of hydrogen-bond acceptors (Lipinski definition) is 6. The lowest BCUT2D eigenvalue weighted by Crippen LogP contribution is -2.28. The number of fused-ring (bicyclic) bond motifs is 1. The number of alkyl halides is 1. The van der Waals surface area contributed by atoms with Gasteiger partial charge in [-0.15, -0.1) is 0 Å². The molecule has 0 aliphatic heterocycles. The van der Waals surface area contributed by atoms with Crippen molar-refractivity contribution in [1.29, 1.82) is 0 Å². The zero-order chi connectivity index (χ0) is 14.9. The Morgan fingerprint density at radius 2 is 2.05 bits per heavy atom. The maximum Gasteiger partial charge on any atom is 0.345 e. The molecular formula is C13H8IO6-. The quantitative estimate of drug-likeness (QED) is 0.255. The molecule has 0 fully saturated rings. The van der Waals surface area contributed by atoms with Crippen LogP contribution in [0.25, 0.3) is 11.0 Å². The maximum atomic E-state index is 11.5. The molecule has 0 aliphatic carbocycles. The molecule has 0 bridgehead atoms. The van der Waals surface area contributed by atoms with E-state index in [1.165, 1.54) is 18.2 Å². The fourth-order valence-electron chi connectivity index (χ4n) is 1.49. The zero-order valence-corrected chi connectivity index (χ0v) is 12.4. The smallest absolute Gasteiger partial charge is 0.345 e. The predicted molar refractivity (Wildman–Crippen MR) is 75.9 cm³/mol. The van der Waals surface area contributed by atoms with Crippen LogP contribution in [0.15, 0.2) is 33.5 Å². The van der Waals surface area contributed by atoms with Crippen molar-refractivity contribution in [2.24, 2.45) is 0 Å². The number of esters is 1. The van der Waals surface area contributed by atoms with Crippen molar-refractivity contribution in [3.63, 3.8) is 0 Å². The normalized spacial score (nSPS) is 12.1. The Bertz CT molecular complexity index is 746. The molecule has 0 amide bonds. The average molecular weight is 387 g/mol. The van der Waals surface area contributed by atoms with Crippen LogP contribution in [-0.2, 0) is 4.79 Å². The van der Waals surface area contributed by atoms with Crippen molar-refractivity contribution in [3.05, 3.63) is 40.2 Å². The van der Waals surface area contributed by atoms with Gasteiger partial charge in [-0.1, -0.05) is 22.6 Å². The Morgan fingerprint density at radius 3 is 2.65 bits per heavy atom. The molecule has 6 nitrogen and oxygen atoms in total. The summed E-state index contributed by atoms with van der Waals surface area (Å²) in [6, 6.07) is 5.49. The van der Waals surface area contributed by atoms with Crippen molar-refractivity contribution < 1.29 is 23.8 Å². The highest BCUT2D eigenvalue weighted by Gasteiger charge is 2.12. The Hall–Kier alpha value is -1.90. The van der Waals surface area contributed by atoms with Gasteiger partial charge >= 0.3 is 11.6 Å². The molecule has 0 N–H and O–H groups in total. The summed E-state index contributed by atoms with van der Waals surface area (Å²) in [6.45, 7) is 1.68. The molecule has 2 rings (SSSR count). The van der Waals surface area contributed by atoms with Crippen LogP contribution in [0.3, 0.4) is 0 Å². The highest BCUT2D eigenvalue weighted by Crippen LogP contribution is 2.21. The van der Waals surface area contributed by atoms with Crippen LogP contribution in [0, 0.1) is 0 Å². The number of carbonyl (C=O) groups is 2. The number of carbonyl (C=O) groups excluding carboxylic acids is 2. The minimum absolute atomic E-state index is 0.131. The first-order valence-electron chi connectivity index (χ1n) is 5.53. The number of carboxylic acids is 1. The fourth-order valence-corrected chi connectivity index (χ4v) is 1.62. The van der Waals surface area contributed by atoms with Gasteiger partial charge < -0.3 is 19.1 Å². The van der Waals surface area contributed by atoms with Crippen LogP contribution < -0.4 is 15.5 Å². The fraction of sp³-hybridized carbons (Fsp3) is 0.154. The van der Waals surface area contributed by atoms with Gasteiger partial charge in [-0.3, -0.25) is 4.79 Å². The Balaban J connectivity index is 2.45. The molecule has 1 heterocycles. The van der Waals surface area contributed by atoms with Gasteiger partial charge in [0, 0.05) is 11.5 Å². The molecule has 0 radical (unpaired) electrons. The number of halogens is 1. The molecule has 0 spiro atoms. The molecule has 1 aromatic heterocycles. The first-order valence-corrected chi connectivity index (χ1v) is 6.78. The monoisotopic (exact) mass is 387 g/mol. The van der Waals surface area contributed by atoms with Crippen LogP contribution in [0.1, 0.15) is 17.3 Å². The van der Waals surface area contributed by atoms with Crippen molar-refractivity contribution in [2.45, 2.75) is 10.8 Å². The van der Waals surface area contributed by atoms with Crippen molar-refractivity contribution in [1.82, 2.24) is 0 Å². The zero-order valence-electron chi connectivity index (χ0n) is 10.2. The number of ether oxygens (including phenoxy) is 1. The van der Waals surface area contributed by atoms with Gasteiger partial charge in [0.15, 0.2) is 0 Å². The standard InChI is InChI=1S/C13H9IO6/c1-6(14)12(17)19-8-3-2-7-4-9(11(15)16)13(18)20-10(7)5-8/h2-6H,1H3,(H,15,16)/p-1. The molecule has 1 unspecified atom stereocenters. The van der Waals surface area contributed by atoms with Crippen molar-refractivity contribution >= 4 is 45.5 Å². The van der Waals surface area contributed by atoms with Gasteiger partial charge in [0.2, 0.25) is 0 Å². The molecular weight excluding hydrogens is 379 g/mol. The summed E-state index contributed by atoms with van der Waals surface area (Å²) in [4.78, 5) is 33.6. The second kappa shape index (κ2) is 5.61. The van der Waals surface area contributed by atoms with E-state index in [9.17, 15) is 19.5 Å². The predicted octanol–water partition coefficient (Wildman–Crippen LogP) is 0.885. The van der Waals surface area contributed by atoms with Crippen LogP contribution >= 0.6 is 22.6 Å². The number of carboxylic acid groups (broad SMARTS) is 1. The SMILES string of the molecule is CC(I)C(=O)Oc1ccc2cc(C(=O)[O-])c(=O)oc2c1. The van der Waals surface area contributed by atoms with E-state index in [1.54, 1.807) is 6.92 Å². The average Bonchev–Trinajstić information content (AvgIpc) is 2.37. The van der Waals surface area contributed by atoms with Gasteiger partial charge in [0.25, 0.3) is 0 Å². The number of benzene rings is 1. The minimum atomic E-state index is -1.60. The molecule has 0 saturated carbocycles. The van der Waals surface area contributed by atoms with E-state index in [0.717, 1.165) is 6.07 Å².